The van der Waals surface area contributed by atoms with E-state index in [1.165, 1.54) is 19.2 Å². The second-order valence-corrected chi connectivity index (χ2v) is 6.11. The first-order chi connectivity index (χ1) is 10.7. The van der Waals surface area contributed by atoms with E-state index in [0.29, 0.717) is 44.1 Å². The maximum absolute atomic E-state index is 14.3. The molecule has 0 aromatic carbocycles. The summed E-state index contributed by atoms with van der Waals surface area (Å²) in [5.74, 6) is 0.559. The van der Waals surface area contributed by atoms with Crippen molar-refractivity contribution in [1.82, 2.24) is 14.9 Å². The summed E-state index contributed by atoms with van der Waals surface area (Å²) in [4.78, 5) is 24.3. The average Bonchev–Trinajstić information content (AvgIpc) is 3.09. The molecule has 0 unspecified atom stereocenters. The van der Waals surface area contributed by atoms with Crippen LogP contribution in [0.2, 0.25) is 0 Å². The third kappa shape index (κ3) is 2.91. The summed E-state index contributed by atoms with van der Waals surface area (Å²) in [6.07, 6.45) is 6.37. The number of carbonyl (C=O) groups excluding carboxylic acids is 1. The minimum absolute atomic E-state index is 0.217. The van der Waals surface area contributed by atoms with E-state index in [4.69, 9.17) is 0 Å². The smallest absolute Gasteiger partial charge is 0.225 e. The lowest BCUT2D eigenvalue weighted by atomic mass is 10.1. The molecule has 1 saturated heterocycles. The van der Waals surface area contributed by atoms with Crippen LogP contribution in [0.25, 0.3) is 0 Å². The molecular weight excluding hydrogens is 283 g/mol. The SMILES string of the molecule is CCc1ncnc(N2CCN(C(=O)C3CCCC3)CC2)c1F. The molecule has 6 heteroatoms. The molecule has 3 rings (SSSR count). The molecule has 1 amide bonds. The van der Waals surface area contributed by atoms with Crippen LogP contribution in [0, 0.1) is 11.7 Å². The highest BCUT2D eigenvalue weighted by atomic mass is 19.1. The molecule has 0 atom stereocenters. The van der Waals surface area contributed by atoms with Gasteiger partial charge in [-0.05, 0) is 19.3 Å². The van der Waals surface area contributed by atoms with Crippen molar-refractivity contribution in [3.05, 3.63) is 17.8 Å². The van der Waals surface area contributed by atoms with Gasteiger partial charge in [0.2, 0.25) is 5.91 Å². The number of anilines is 1. The van der Waals surface area contributed by atoms with E-state index < -0.39 is 0 Å². The van der Waals surface area contributed by atoms with Crippen LogP contribution in [0.1, 0.15) is 38.3 Å². The first kappa shape index (κ1) is 15.2. The number of aryl methyl sites for hydroxylation is 1. The van der Waals surface area contributed by atoms with Gasteiger partial charge in [0.05, 0.1) is 5.69 Å². The predicted octanol–water partition coefficient (Wildman–Crippen LogP) is 2.02. The maximum Gasteiger partial charge on any atom is 0.225 e. The fourth-order valence-corrected chi connectivity index (χ4v) is 3.43. The summed E-state index contributed by atoms with van der Waals surface area (Å²) in [6.45, 7) is 4.46. The number of hydrogen-bond donors (Lipinski definition) is 0. The van der Waals surface area contributed by atoms with Crippen molar-refractivity contribution >= 4 is 11.7 Å². The van der Waals surface area contributed by atoms with Gasteiger partial charge in [-0.1, -0.05) is 19.8 Å². The van der Waals surface area contributed by atoms with Gasteiger partial charge in [0, 0.05) is 32.1 Å². The molecule has 120 valence electrons. The van der Waals surface area contributed by atoms with Crippen LogP contribution in [-0.4, -0.2) is 47.0 Å². The van der Waals surface area contributed by atoms with Crippen LogP contribution in [-0.2, 0) is 11.2 Å². The lowest BCUT2D eigenvalue weighted by Gasteiger charge is -2.36. The Hall–Kier alpha value is -1.72. The maximum atomic E-state index is 14.3. The van der Waals surface area contributed by atoms with Crippen molar-refractivity contribution in [2.75, 3.05) is 31.1 Å². The zero-order valence-corrected chi connectivity index (χ0v) is 13.1. The van der Waals surface area contributed by atoms with E-state index in [2.05, 4.69) is 9.97 Å². The van der Waals surface area contributed by atoms with Crippen molar-refractivity contribution in [1.29, 1.82) is 0 Å². The van der Waals surface area contributed by atoms with Gasteiger partial charge in [0.15, 0.2) is 11.6 Å². The van der Waals surface area contributed by atoms with Crippen molar-refractivity contribution in [2.45, 2.75) is 39.0 Å². The van der Waals surface area contributed by atoms with Gasteiger partial charge in [-0.2, -0.15) is 0 Å². The number of halogens is 1. The minimum atomic E-state index is -0.319. The van der Waals surface area contributed by atoms with Crippen molar-refractivity contribution in [3.63, 3.8) is 0 Å². The molecule has 0 bridgehead atoms. The largest absolute Gasteiger partial charge is 0.351 e. The lowest BCUT2D eigenvalue weighted by Crippen LogP contribution is -2.50. The minimum Gasteiger partial charge on any atom is -0.351 e. The first-order valence-corrected chi connectivity index (χ1v) is 8.23. The Labute approximate surface area is 130 Å². The van der Waals surface area contributed by atoms with Gasteiger partial charge in [-0.15, -0.1) is 0 Å². The highest BCUT2D eigenvalue weighted by Gasteiger charge is 2.30. The third-order valence-corrected chi connectivity index (χ3v) is 4.77. The third-order valence-electron chi connectivity index (χ3n) is 4.77. The van der Waals surface area contributed by atoms with Gasteiger partial charge >= 0.3 is 0 Å². The Bertz CT molecular complexity index is 537. The highest BCUT2D eigenvalue weighted by molar-refractivity contribution is 5.79. The summed E-state index contributed by atoms with van der Waals surface area (Å²) in [5.41, 5.74) is 0.453. The molecular formula is C16H23FN4O. The number of nitrogens with zero attached hydrogens (tertiary/aromatic N) is 4. The molecule has 0 N–H and O–H groups in total. The number of aromatic nitrogens is 2. The van der Waals surface area contributed by atoms with Gasteiger partial charge in [-0.3, -0.25) is 4.79 Å². The van der Waals surface area contributed by atoms with E-state index in [0.717, 1.165) is 12.8 Å². The number of hydrogen-bond acceptors (Lipinski definition) is 4. The summed E-state index contributed by atoms with van der Waals surface area (Å²) in [5, 5.41) is 0. The predicted molar refractivity (Wildman–Crippen MR) is 82.1 cm³/mol. The van der Waals surface area contributed by atoms with E-state index in [9.17, 15) is 9.18 Å². The van der Waals surface area contributed by atoms with Crippen molar-refractivity contribution in [2.24, 2.45) is 5.92 Å². The molecule has 2 fully saturated rings. The van der Waals surface area contributed by atoms with Crippen LogP contribution < -0.4 is 4.90 Å². The Balaban J connectivity index is 1.63. The molecule has 1 aromatic heterocycles. The Morgan fingerprint density at radius 3 is 2.55 bits per heavy atom. The van der Waals surface area contributed by atoms with Crippen LogP contribution in [0.5, 0.6) is 0 Å². The van der Waals surface area contributed by atoms with E-state index in [-0.39, 0.29) is 17.6 Å². The molecule has 0 spiro atoms. The monoisotopic (exact) mass is 306 g/mol. The first-order valence-electron chi connectivity index (χ1n) is 8.23. The van der Waals surface area contributed by atoms with Crippen LogP contribution in [0.3, 0.4) is 0 Å². The van der Waals surface area contributed by atoms with Gasteiger partial charge in [-0.25, -0.2) is 14.4 Å². The number of amides is 1. The van der Waals surface area contributed by atoms with E-state index in [1.807, 2.05) is 16.7 Å². The van der Waals surface area contributed by atoms with Crippen molar-refractivity contribution in [3.8, 4) is 0 Å². The zero-order valence-electron chi connectivity index (χ0n) is 13.1. The Morgan fingerprint density at radius 1 is 1.23 bits per heavy atom. The molecule has 1 aliphatic heterocycles. The molecule has 5 nitrogen and oxygen atoms in total. The number of piperazine rings is 1. The van der Waals surface area contributed by atoms with Gasteiger partial charge < -0.3 is 9.80 Å². The highest BCUT2D eigenvalue weighted by Crippen LogP contribution is 2.27. The van der Waals surface area contributed by atoms with Crippen LogP contribution in [0.15, 0.2) is 6.33 Å². The quantitative estimate of drug-likeness (QED) is 0.857. The summed E-state index contributed by atoms with van der Waals surface area (Å²) >= 11 is 0. The van der Waals surface area contributed by atoms with Gasteiger partial charge in [0.25, 0.3) is 0 Å². The number of carbonyl (C=O) groups is 1. The fraction of sp³-hybridized carbons (Fsp3) is 0.688. The molecule has 22 heavy (non-hydrogen) atoms. The molecule has 2 aliphatic rings. The average molecular weight is 306 g/mol. The van der Waals surface area contributed by atoms with Crippen LogP contribution >= 0.6 is 0 Å². The molecule has 1 aliphatic carbocycles. The second kappa shape index (κ2) is 6.58. The van der Waals surface area contributed by atoms with Gasteiger partial charge in [0.1, 0.15) is 6.33 Å². The standard InChI is InChI=1S/C16H23FN4O/c1-2-13-14(17)15(19-11-18-13)20-7-9-21(10-8-20)16(22)12-5-3-4-6-12/h11-12H,2-10H2,1H3. The topological polar surface area (TPSA) is 49.3 Å². The second-order valence-electron chi connectivity index (χ2n) is 6.11. The summed E-state index contributed by atoms with van der Waals surface area (Å²) in [6, 6.07) is 0. The fourth-order valence-electron chi connectivity index (χ4n) is 3.43. The molecule has 1 saturated carbocycles. The summed E-state index contributed by atoms with van der Waals surface area (Å²) < 4.78 is 14.3. The lowest BCUT2D eigenvalue weighted by molar-refractivity contribution is -0.135. The Morgan fingerprint density at radius 2 is 1.91 bits per heavy atom. The molecule has 1 aromatic rings. The normalized spacial score (nSPS) is 19.7. The summed E-state index contributed by atoms with van der Waals surface area (Å²) in [7, 11) is 0. The van der Waals surface area contributed by atoms with Crippen LogP contribution in [0.4, 0.5) is 10.2 Å². The number of rotatable bonds is 3. The molecule has 2 heterocycles. The van der Waals surface area contributed by atoms with Crippen molar-refractivity contribution < 1.29 is 9.18 Å². The molecule has 0 radical (unpaired) electrons. The van der Waals surface area contributed by atoms with E-state index in [1.54, 1.807) is 0 Å². The Kier molecular flexibility index (Phi) is 4.55. The van der Waals surface area contributed by atoms with E-state index >= 15 is 0 Å². The zero-order chi connectivity index (χ0) is 15.5.